The van der Waals surface area contributed by atoms with Crippen LogP contribution >= 0.6 is 0 Å². The zero-order valence-corrected chi connectivity index (χ0v) is 16.5. The maximum atomic E-state index is 12.9. The fraction of sp³-hybridized carbons (Fsp3) is 0.524. The van der Waals surface area contributed by atoms with Gasteiger partial charge in [-0.25, -0.2) is 4.79 Å². The molecule has 1 aromatic carbocycles. The van der Waals surface area contributed by atoms with Gasteiger partial charge in [0.05, 0.1) is 13.2 Å². The first kappa shape index (κ1) is 19.4. The van der Waals surface area contributed by atoms with E-state index in [0.717, 1.165) is 35.1 Å². The van der Waals surface area contributed by atoms with Gasteiger partial charge in [0, 0.05) is 48.3 Å². The van der Waals surface area contributed by atoms with Gasteiger partial charge in [0.2, 0.25) is 0 Å². The van der Waals surface area contributed by atoms with Gasteiger partial charge < -0.3 is 14.6 Å². The number of fused-ring (bicyclic) bond motifs is 1. The molecule has 0 atom stereocenters. The van der Waals surface area contributed by atoms with Crippen molar-refractivity contribution in [3.63, 3.8) is 0 Å². The van der Waals surface area contributed by atoms with Gasteiger partial charge in [-0.1, -0.05) is 32.0 Å². The standard InChI is InChI=1S/C21H29N3O3/c1-15(2)14-27-21(26)24-10-6-9-23(11-12-24)13-19(25)20-16(3)22-18-8-5-4-7-17(18)20/h4-5,7-8,15,22H,6,9-14H2,1-3H3. The van der Waals surface area contributed by atoms with Gasteiger partial charge in [-0.3, -0.25) is 9.69 Å². The third-order valence-electron chi connectivity index (χ3n) is 4.93. The molecule has 2 aromatic rings. The van der Waals surface area contributed by atoms with Crippen LogP contribution in [0.5, 0.6) is 0 Å². The SMILES string of the molecule is Cc1[nH]c2ccccc2c1C(=O)CN1CCCN(C(=O)OCC(C)C)CC1. The summed E-state index contributed by atoms with van der Waals surface area (Å²) in [5.41, 5.74) is 2.69. The molecule has 0 unspecified atom stereocenters. The summed E-state index contributed by atoms with van der Waals surface area (Å²) in [4.78, 5) is 32.3. The lowest BCUT2D eigenvalue weighted by atomic mass is 10.1. The molecule has 1 fully saturated rings. The molecule has 146 valence electrons. The molecule has 0 saturated carbocycles. The van der Waals surface area contributed by atoms with Crippen LogP contribution in [0.15, 0.2) is 24.3 Å². The van der Waals surface area contributed by atoms with E-state index in [-0.39, 0.29) is 11.9 Å². The maximum Gasteiger partial charge on any atom is 0.409 e. The van der Waals surface area contributed by atoms with Gasteiger partial charge in [0.15, 0.2) is 5.78 Å². The van der Waals surface area contributed by atoms with Gasteiger partial charge in [0.25, 0.3) is 0 Å². The van der Waals surface area contributed by atoms with Crippen molar-refractivity contribution in [1.29, 1.82) is 0 Å². The number of rotatable bonds is 5. The summed E-state index contributed by atoms with van der Waals surface area (Å²) in [5, 5.41) is 0.980. The first-order valence-electron chi connectivity index (χ1n) is 9.70. The van der Waals surface area contributed by atoms with Crippen molar-refractivity contribution in [3.05, 3.63) is 35.5 Å². The number of aromatic nitrogens is 1. The molecule has 0 spiro atoms. The van der Waals surface area contributed by atoms with Crippen LogP contribution in [0.3, 0.4) is 0 Å². The van der Waals surface area contributed by atoms with Crippen LogP contribution < -0.4 is 0 Å². The first-order chi connectivity index (χ1) is 13.0. The normalized spacial score (nSPS) is 15.9. The van der Waals surface area contributed by atoms with Gasteiger partial charge in [0.1, 0.15) is 0 Å². The number of nitrogens with one attached hydrogen (secondary N) is 1. The Morgan fingerprint density at radius 2 is 1.93 bits per heavy atom. The molecule has 1 N–H and O–H groups in total. The summed E-state index contributed by atoms with van der Waals surface area (Å²) >= 11 is 0. The number of carbonyl (C=O) groups excluding carboxylic acids is 2. The number of ether oxygens (including phenoxy) is 1. The average Bonchev–Trinajstić information content (AvgIpc) is 2.80. The Morgan fingerprint density at radius 3 is 2.70 bits per heavy atom. The number of aromatic amines is 1. The molecule has 1 aromatic heterocycles. The molecule has 0 aliphatic carbocycles. The second-order valence-electron chi connectivity index (χ2n) is 7.68. The molecule has 1 aliphatic rings. The molecule has 1 amide bonds. The predicted octanol–water partition coefficient (Wildman–Crippen LogP) is 3.46. The van der Waals surface area contributed by atoms with E-state index >= 15 is 0 Å². The van der Waals surface area contributed by atoms with Crippen molar-refractivity contribution in [3.8, 4) is 0 Å². The highest BCUT2D eigenvalue weighted by atomic mass is 16.6. The minimum absolute atomic E-state index is 0.126. The lowest BCUT2D eigenvalue weighted by molar-refractivity contribution is 0.0907. The Hall–Kier alpha value is -2.34. The number of ketones is 1. The van der Waals surface area contributed by atoms with E-state index in [1.165, 1.54) is 0 Å². The number of amides is 1. The summed E-state index contributed by atoms with van der Waals surface area (Å²) in [6.07, 6.45) is 0.598. The minimum Gasteiger partial charge on any atom is -0.449 e. The quantitative estimate of drug-likeness (QED) is 0.818. The number of nitrogens with zero attached hydrogens (tertiary/aromatic N) is 2. The largest absolute Gasteiger partial charge is 0.449 e. The zero-order valence-electron chi connectivity index (χ0n) is 16.5. The lowest BCUT2D eigenvalue weighted by Crippen LogP contribution is -2.37. The van der Waals surface area contributed by atoms with Gasteiger partial charge >= 0.3 is 6.09 Å². The average molecular weight is 371 g/mol. The zero-order chi connectivity index (χ0) is 19.4. The van der Waals surface area contributed by atoms with Crippen molar-refractivity contribution in [2.75, 3.05) is 39.3 Å². The van der Waals surface area contributed by atoms with Gasteiger partial charge in [-0.15, -0.1) is 0 Å². The van der Waals surface area contributed by atoms with Crippen molar-refractivity contribution in [2.24, 2.45) is 5.92 Å². The van der Waals surface area contributed by atoms with Gasteiger partial charge in [-0.2, -0.15) is 0 Å². The number of aryl methyl sites for hydroxylation is 1. The second kappa shape index (κ2) is 8.57. The van der Waals surface area contributed by atoms with Crippen molar-refractivity contribution >= 4 is 22.8 Å². The van der Waals surface area contributed by atoms with E-state index in [4.69, 9.17) is 4.74 Å². The van der Waals surface area contributed by atoms with Crippen molar-refractivity contribution in [2.45, 2.75) is 27.2 Å². The van der Waals surface area contributed by atoms with E-state index in [1.54, 1.807) is 4.90 Å². The third kappa shape index (κ3) is 4.69. The molecule has 1 saturated heterocycles. The monoisotopic (exact) mass is 371 g/mol. The van der Waals surface area contributed by atoms with Crippen molar-refractivity contribution < 1.29 is 14.3 Å². The van der Waals surface area contributed by atoms with E-state index < -0.39 is 0 Å². The summed E-state index contributed by atoms with van der Waals surface area (Å²) in [5.74, 6) is 0.454. The number of hydrogen-bond donors (Lipinski definition) is 1. The molecular weight excluding hydrogens is 342 g/mol. The molecule has 6 nitrogen and oxygen atoms in total. The first-order valence-corrected chi connectivity index (χ1v) is 9.70. The Labute approximate surface area is 160 Å². The number of hydrogen-bond acceptors (Lipinski definition) is 4. The Bertz CT molecular complexity index is 812. The summed E-state index contributed by atoms with van der Waals surface area (Å²) in [6, 6.07) is 7.90. The Kier molecular flexibility index (Phi) is 6.16. The number of H-pyrrole nitrogens is 1. The summed E-state index contributed by atoms with van der Waals surface area (Å²) in [7, 11) is 0. The highest BCUT2D eigenvalue weighted by Crippen LogP contribution is 2.22. The topological polar surface area (TPSA) is 65.6 Å². The van der Waals surface area contributed by atoms with Crippen LogP contribution in [0, 0.1) is 12.8 Å². The highest BCUT2D eigenvalue weighted by Gasteiger charge is 2.23. The molecule has 6 heteroatoms. The van der Waals surface area contributed by atoms with Crippen LogP contribution in [-0.4, -0.2) is 66.0 Å². The second-order valence-corrected chi connectivity index (χ2v) is 7.68. The van der Waals surface area contributed by atoms with Gasteiger partial charge in [-0.05, 0) is 25.3 Å². The lowest BCUT2D eigenvalue weighted by Gasteiger charge is -2.21. The maximum absolute atomic E-state index is 12.9. The molecule has 27 heavy (non-hydrogen) atoms. The van der Waals surface area contributed by atoms with Crippen molar-refractivity contribution in [1.82, 2.24) is 14.8 Å². The third-order valence-corrected chi connectivity index (χ3v) is 4.93. The van der Waals surface area contributed by atoms with E-state index in [1.807, 2.05) is 45.0 Å². The fourth-order valence-corrected chi connectivity index (χ4v) is 3.56. The molecular formula is C21H29N3O3. The van der Waals surface area contributed by atoms with Crippen LogP contribution in [0.4, 0.5) is 4.79 Å². The summed E-state index contributed by atoms with van der Waals surface area (Å²) in [6.45, 7) is 9.57. The van der Waals surface area contributed by atoms with Crippen LogP contribution in [0.2, 0.25) is 0 Å². The fourth-order valence-electron chi connectivity index (χ4n) is 3.56. The number of Topliss-reactive ketones (excluding diaryl/α,β-unsaturated/α-hetero) is 1. The Morgan fingerprint density at radius 1 is 1.15 bits per heavy atom. The molecule has 2 heterocycles. The summed E-state index contributed by atoms with van der Waals surface area (Å²) < 4.78 is 5.34. The molecule has 0 bridgehead atoms. The highest BCUT2D eigenvalue weighted by molar-refractivity contribution is 6.10. The van der Waals surface area contributed by atoms with Crippen LogP contribution in [0.1, 0.15) is 36.3 Å². The smallest absolute Gasteiger partial charge is 0.409 e. The van der Waals surface area contributed by atoms with Crippen LogP contribution in [-0.2, 0) is 4.74 Å². The Balaban J connectivity index is 1.60. The number of carbonyl (C=O) groups is 2. The van der Waals surface area contributed by atoms with E-state index in [9.17, 15) is 9.59 Å². The molecule has 1 aliphatic heterocycles. The molecule has 0 radical (unpaired) electrons. The predicted molar refractivity (Wildman–Crippen MR) is 106 cm³/mol. The number of benzene rings is 1. The van der Waals surface area contributed by atoms with E-state index in [0.29, 0.717) is 38.7 Å². The van der Waals surface area contributed by atoms with Crippen LogP contribution in [0.25, 0.3) is 10.9 Å². The number of para-hydroxylation sites is 1. The minimum atomic E-state index is -0.246. The van der Waals surface area contributed by atoms with E-state index in [2.05, 4.69) is 9.88 Å². The molecule has 3 rings (SSSR count).